The number of hydrogen-bond donors (Lipinski definition) is 1. The summed E-state index contributed by atoms with van der Waals surface area (Å²) < 4.78 is 1.80. The van der Waals surface area contributed by atoms with Crippen LogP contribution < -0.4 is 5.69 Å². The Morgan fingerprint density at radius 1 is 1.36 bits per heavy atom. The first kappa shape index (κ1) is 9.06. The molecule has 0 atom stereocenters. The fourth-order valence-electron chi connectivity index (χ4n) is 1.85. The first-order chi connectivity index (χ1) is 6.61. The lowest BCUT2D eigenvalue weighted by Gasteiger charge is -2.08. The Hall–Kier alpha value is -1.51. The van der Waals surface area contributed by atoms with Crippen LogP contribution in [0.4, 0.5) is 0 Å². The molecule has 2 aromatic rings. The van der Waals surface area contributed by atoms with E-state index >= 15 is 0 Å². The van der Waals surface area contributed by atoms with Gasteiger partial charge in [0.05, 0.1) is 11.0 Å². The Bertz CT molecular complexity index is 520. The number of hydrogen-bond acceptors (Lipinski definition) is 1. The number of benzene rings is 1. The van der Waals surface area contributed by atoms with Crippen molar-refractivity contribution in [1.82, 2.24) is 9.55 Å². The van der Waals surface area contributed by atoms with Gasteiger partial charge in [-0.2, -0.15) is 0 Å². The van der Waals surface area contributed by atoms with Crippen molar-refractivity contribution >= 4 is 11.0 Å². The van der Waals surface area contributed by atoms with Crippen molar-refractivity contribution in [2.45, 2.75) is 26.8 Å². The number of nitrogens with one attached hydrogen (secondary N) is 1. The summed E-state index contributed by atoms with van der Waals surface area (Å²) >= 11 is 0. The van der Waals surface area contributed by atoms with Gasteiger partial charge in [-0.3, -0.25) is 4.57 Å². The van der Waals surface area contributed by atoms with Gasteiger partial charge in [0.2, 0.25) is 0 Å². The number of para-hydroxylation sites is 1. The van der Waals surface area contributed by atoms with E-state index in [1.54, 1.807) is 4.57 Å². The molecule has 3 heteroatoms. The molecular weight excluding hydrogens is 176 g/mol. The maximum Gasteiger partial charge on any atom is 0.326 e. The van der Waals surface area contributed by atoms with Gasteiger partial charge in [0.25, 0.3) is 0 Å². The van der Waals surface area contributed by atoms with E-state index < -0.39 is 0 Å². The van der Waals surface area contributed by atoms with Gasteiger partial charge >= 0.3 is 5.69 Å². The van der Waals surface area contributed by atoms with Crippen molar-refractivity contribution < 1.29 is 0 Å². The van der Waals surface area contributed by atoms with Crippen LogP contribution in [0.1, 0.15) is 25.5 Å². The average Bonchev–Trinajstić information content (AvgIpc) is 2.42. The van der Waals surface area contributed by atoms with E-state index in [1.807, 2.05) is 39.0 Å². The number of fused-ring (bicyclic) bond motifs is 1. The van der Waals surface area contributed by atoms with E-state index in [1.165, 1.54) is 0 Å². The first-order valence-electron chi connectivity index (χ1n) is 4.81. The molecule has 0 amide bonds. The summed E-state index contributed by atoms with van der Waals surface area (Å²) in [5.41, 5.74) is 3.05. The molecule has 0 saturated carbocycles. The number of rotatable bonds is 1. The second-order valence-electron chi connectivity index (χ2n) is 3.86. The summed E-state index contributed by atoms with van der Waals surface area (Å²) in [4.78, 5) is 14.5. The van der Waals surface area contributed by atoms with E-state index in [-0.39, 0.29) is 11.7 Å². The summed E-state index contributed by atoms with van der Waals surface area (Å²) in [7, 11) is 0. The predicted octanol–water partition coefficient (Wildman–Crippen LogP) is 2.22. The Morgan fingerprint density at radius 3 is 2.71 bits per heavy atom. The second kappa shape index (κ2) is 3.01. The summed E-state index contributed by atoms with van der Waals surface area (Å²) in [5, 5.41) is 0. The van der Waals surface area contributed by atoms with Gasteiger partial charge in [0.15, 0.2) is 0 Å². The van der Waals surface area contributed by atoms with Crippen LogP contribution in [0, 0.1) is 6.92 Å². The van der Waals surface area contributed by atoms with Crippen LogP contribution >= 0.6 is 0 Å². The van der Waals surface area contributed by atoms with Crippen molar-refractivity contribution in [2.24, 2.45) is 0 Å². The number of aryl methyl sites for hydroxylation is 1. The van der Waals surface area contributed by atoms with E-state index in [0.717, 1.165) is 16.6 Å². The number of nitrogens with zero attached hydrogens (tertiary/aromatic N) is 1. The van der Waals surface area contributed by atoms with Gasteiger partial charge in [-0.05, 0) is 32.4 Å². The lowest BCUT2D eigenvalue weighted by molar-refractivity contribution is 0.597. The minimum Gasteiger partial charge on any atom is -0.306 e. The third kappa shape index (κ3) is 1.16. The van der Waals surface area contributed by atoms with Gasteiger partial charge in [-0.25, -0.2) is 4.79 Å². The number of H-pyrrole nitrogens is 1. The smallest absolute Gasteiger partial charge is 0.306 e. The minimum atomic E-state index is -0.0238. The van der Waals surface area contributed by atoms with Crippen LogP contribution in [0.15, 0.2) is 23.0 Å². The topological polar surface area (TPSA) is 37.8 Å². The van der Waals surface area contributed by atoms with Crippen LogP contribution in [0.25, 0.3) is 11.0 Å². The largest absolute Gasteiger partial charge is 0.326 e. The zero-order chi connectivity index (χ0) is 10.3. The second-order valence-corrected chi connectivity index (χ2v) is 3.86. The van der Waals surface area contributed by atoms with E-state index in [4.69, 9.17) is 0 Å². The predicted molar refractivity (Wildman–Crippen MR) is 57.7 cm³/mol. The van der Waals surface area contributed by atoms with Crippen molar-refractivity contribution in [3.63, 3.8) is 0 Å². The van der Waals surface area contributed by atoms with Crippen molar-refractivity contribution in [1.29, 1.82) is 0 Å². The number of imidazole rings is 1. The summed E-state index contributed by atoms with van der Waals surface area (Å²) in [5.74, 6) is 0. The highest BCUT2D eigenvalue weighted by Gasteiger charge is 2.10. The van der Waals surface area contributed by atoms with Crippen LogP contribution in [0.2, 0.25) is 0 Å². The fraction of sp³-hybridized carbons (Fsp3) is 0.364. The van der Waals surface area contributed by atoms with Gasteiger partial charge < -0.3 is 4.98 Å². The highest BCUT2D eigenvalue weighted by atomic mass is 16.1. The van der Waals surface area contributed by atoms with Crippen LogP contribution in [-0.2, 0) is 0 Å². The molecular formula is C11H14N2O. The minimum absolute atomic E-state index is 0.0238. The molecule has 1 N–H and O–H groups in total. The highest BCUT2D eigenvalue weighted by Crippen LogP contribution is 2.17. The molecule has 0 saturated heterocycles. The van der Waals surface area contributed by atoms with E-state index in [0.29, 0.717) is 0 Å². The fourth-order valence-corrected chi connectivity index (χ4v) is 1.85. The summed E-state index contributed by atoms with van der Waals surface area (Å²) in [6, 6.07) is 6.10. The van der Waals surface area contributed by atoms with Gasteiger partial charge in [0.1, 0.15) is 0 Å². The first-order valence-corrected chi connectivity index (χ1v) is 4.81. The van der Waals surface area contributed by atoms with Crippen molar-refractivity contribution in [3.05, 3.63) is 34.2 Å². The lowest BCUT2D eigenvalue weighted by atomic mass is 10.2. The summed E-state index contributed by atoms with van der Waals surface area (Å²) in [6.45, 7) is 6.05. The molecule has 0 fully saturated rings. The van der Waals surface area contributed by atoms with Crippen molar-refractivity contribution in [2.75, 3.05) is 0 Å². The standard InChI is InChI=1S/C11H14N2O/c1-7(2)13-10-8(3)5-4-6-9(10)12-11(13)14/h4-7H,1-3H3,(H,12,14). The Labute approximate surface area is 82.4 Å². The molecule has 0 aliphatic heterocycles. The molecule has 14 heavy (non-hydrogen) atoms. The molecule has 1 aromatic carbocycles. The number of aromatic nitrogens is 2. The molecule has 1 aromatic heterocycles. The maximum absolute atomic E-state index is 11.6. The highest BCUT2D eigenvalue weighted by molar-refractivity contribution is 5.78. The zero-order valence-corrected chi connectivity index (χ0v) is 8.66. The molecule has 3 nitrogen and oxygen atoms in total. The Kier molecular flexibility index (Phi) is 1.95. The SMILES string of the molecule is Cc1cccc2[nH]c(=O)n(C(C)C)c12. The number of aromatic amines is 1. The van der Waals surface area contributed by atoms with Gasteiger partial charge in [0, 0.05) is 6.04 Å². The Balaban J connectivity index is 2.94. The molecule has 1 heterocycles. The molecule has 0 spiro atoms. The third-order valence-corrected chi connectivity index (χ3v) is 2.46. The average molecular weight is 190 g/mol. The quantitative estimate of drug-likeness (QED) is 0.735. The third-order valence-electron chi connectivity index (χ3n) is 2.46. The van der Waals surface area contributed by atoms with Gasteiger partial charge in [-0.15, -0.1) is 0 Å². The molecule has 74 valence electrons. The van der Waals surface area contributed by atoms with E-state index in [2.05, 4.69) is 4.98 Å². The summed E-state index contributed by atoms with van der Waals surface area (Å²) in [6.07, 6.45) is 0. The monoisotopic (exact) mass is 190 g/mol. The van der Waals surface area contributed by atoms with Crippen molar-refractivity contribution in [3.8, 4) is 0 Å². The molecule has 2 rings (SSSR count). The van der Waals surface area contributed by atoms with E-state index in [9.17, 15) is 4.79 Å². The molecule has 0 radical (unpaired) electrons. The maximum atomic E-state index is 11.6. The zero-order valence-electron chi connectivity index (χ0n) is 8.66. The normalized spacial score (nSPS) is 11.4. The van der Waals surface area contributed by atoms with Gasteiger partial charge in [-0.1, -0.05) is 12.1 Å². The van der Waals surface area contributed by atoms with Crippen LogP contribution in [0.5, 0.6) is 0 Å². The molecule has 0 unspecified atom stereocenters. The molecule has 0 bridgehead atoms. The van der Waals surface area contributed by atoms with Crippen LogP contribution in [0.3, 0.4) is 0 Å². The molecule has 0 aliphatic carbocycles. The Morgan fingerprint density at radius 2 is 2.07 bits per heavy atom. The molecule has 0 aliphatic rings. The lowest BCUT2D eigenvalue weighted by Crippen LogP contribution is -2.18. The van der Waals surface area contributed by atoms with Crippen LogP contribution in [-0.4, -0.2) is 9.55 Å².